The summed E-state index contributed by atoms with van der Waals surface area (Å²) in [6.45, 7) is 3.75. The van der Waals surface area contributed by atoms with Gasteiger partial charge in [-0.3, -0.25) is 0 Å². The fourth-order valence-electron chi connectivity index (χ4n) is 3.22. The van der Waals surface area contributed by atoms with Crippen LogP contribution in [0, 0.1) is 24.5 Å². The minimum absolute atomic E-state index is 0.0754. The highest BCUT2D eigenvalue weighted by Crippen LogP contribution is 2.41. The van der Waals surface area contributed by atoms with E-state index in [9.17, 15) is 9.18 Å². The molecule has 0 aliphatic heterocycles. The average Bonchev–Trinajstić information content (AvgIpc) is 2.62. The van der Waals surface area contributed by atoms with Crippen LogP contribution in [0.4, 0.5) is 8.78 Å². The van der Waals surface area contributed by atoms with E-state index in [4.69, 9.17) is 14.6 Å². The summed E-state index contributed by atoms with van der Waals surface area (Å²) in [7, 11) is 0. The molecule has 0 aromatic heterocycles. The Bertz CT molecular complexity index is 862. The van der Waals surface area contributed by atoms with Gasteiger partial charge in [-0.15, -0.1) is 0 Å². The standard InChI is InChI=1S/C22H24F2O4/c1-3-18(22(25)26)28-21-17(23)11-16(15-10-5-4-7-13(15)2)20(19(21)24)27-12-14-8-6-9-14/h4-5,7,10-11,14,18H,3,6,8-9,12H2,1-2H3,(H,25,26). The zero-order valence-electron chi connectivity index (χ0n) is 16.0. The Hall–Kier alpha value is -2.63. The Balaban J connectivity index is 2.05. The second kappa shape index (κ2) is 8.59. The highest BCUT2D eigenvalue weighted by Gasteiger charge is 2.28. The topological polar surface area (TPSA) is 55.8 Å². The van der Waals surface area contributed by atoms with Crippen molar-refractivity contribution in [2.75, 3.05) is 6.61 Å². The smallest absolute Gasteiger partial charge is 0.344 e. The van der Waals surface area contributed by atoms with Gasteiger partial charge in [0.25, 0.3) is 0 Å². The number of hydrogen-bond donors (Lipinski definition) is 1. The molecule has 0 radical (unpaired) electrons. The van der Waals surface area contributed by atoms with Crippen molar-refractivity contribution in [2.45, 2.75) is 45.6 Å². The van der Waals surface area contributed by atoms with Crippen molar-refractivity contribution in [3.05, 3.63) is 47.5 Å². The molecule has 1 aliphatic rings. The molecule has 1 aliphatic carbocycles. The maximum absolute atomic E-state index is 15.3. The summed E-state index contributed by atoms with van der Waals surface area (Å²) >= 11 is 0. The van der Waals surface area contributed by atoms with E-state index in [-0.39, 0.29) is 12.2 Å². The lowest BCUT2D eigenvalue weighted by atomic mass is 9.86. The van der Waals surface area contributed by atoms with Crippen molar-refractivity contribution in [3.63, 3.8) is 0 Å². The summed E-state index contributed by atoms with van der Waals surface area (Å²) in [5.41, 5.74) is 1.80. The lowest BCUT2D eigenvalue weighted by molar-refractivity contribution is -0.145. The minimum atomic E-state index is -1.34. The van der Waals surface area contributed by atoms with Crippen LogP contribution in [0.25, 0.3) is 11.1 Å². The van der Waals surface area contributed by atoms with Gasteiger partial charge in [0.05, 0.1) is 6.61 Å². The summed E-state index contributed by atoms with van der Waals surface area (Å²) in [5.74, 6) is -3.70. The maximum atomic E-state index is 15.3. The SMILES string of the molecule is CCC(Oc1c(F)cc(-c2ccccc2C)c(OCC2CCC2)c1F)C(=O)O. The van der Waals surface area contributed by atoms with Crippen molar-refractivity contribution in [3.8, 4) is 22.6 Å². The zero-order valence-corrected chi connectivity index (χ0v) is 16.0. The van der Waals surface area contributed by atoms with E-state index in [1.165, 1.54) is 0 Å². The van der Waals surface area contributed by atoms with Gasteiger partial charge in [0, 0.05) is 5.56 Å². The molecule has 1 saturated carbocycles. The summed E-state index contributed by atoms with van der Waals surface area (Å²) in [6, 6.07) is 8.41. The number of rotatable bonds is 8. The van der Waals surface area contributed by atoms with Crippen LogP contribution in [0.1, 0.15) is 38.2 Å². The molecule has 0 amide bonds. The number of aryl methyl sites for hydroxylation is 1. The first kappa shape index (κ1) is 20.1. The van der Waals surface area contributed by atoms with Gasteiger partial charge in [0.2, 0.25) is 5.82 Å². The number of aliphatic carboxylic acids is 1. The molecule has 1 fully saturated rings. The molecule has 150 valence electrons. The normalized spacial score (nSPS) is 15.0. The van der Waals surface area contributed by atoms with Gasteiger partial charge in [0.15, 0.2) is 23.4 Å². The van der Waals surface area contributed by atoms with Crippen molar-refractivity contribution in [1.82, 2.24) is 0 Å². The molecule has 3 rings (SSSR count). The van der Waals surface area contributed by atoms with E-state index < -0.39 is 29.5 Å². The lowest BCUT2D eigenvalue weighted by Gasteiger charge is -2.26. The van der Waals surface area contributed by atoms with Gasteiger partial charge in [-0.1, -0.05) is 37.6 Å². The molecule has 0 bridgehead atoms. The Morgan fingerprint density at radius 1 is 1.21 bits per heavy atom. The highest BCUT2D eigenvalue weighted by atomic mass is 19.1. The number of benzene rings is 2. The third kappa shape index (κ3) is 4.11. The van der Waals surface area contributed by atoms with Crippen molar-refractivity contribution in [1.29, 1.82) is 0 Å². The first-order chi connectivity index (χ1) is 13.4. The van der Waals surface area contributed by atoms with Crippen LogP contribution in [-0.4, -0.2) is 23.8 Å². The number of ether oxygens (including phenoxy) is 2. The van der Waals surface area contributed by atoms with Crippen LogP contribution in [0.5, 0.6) is 11.5 Å². The molecule has 1 unspecified atom stereocenters. The minimum Gasteiger partial charge on any atom is -0.489 e. The van der Waals surface area contributed by atoms with Crippen molar-refractivity contribution in [2.24, 2.45) is 5.92 Å². The molecule has 0 spiro atoms. The van der Waals surface area contributed by atoms with Crippen molar-refractivity contribution < 1.29 is 28.2 Å². The summed E-state index contributed by atoms with van der Waals surface area (Å²) in [5, 5.41) is 9.17. The molecular formula is C22H24F2O4. The van der Waals surface area contributed by atoms with E-state index in [1.807, 2.05) is 19.1 Å². The second-order valence-corrected chi connectivity index (χ2v) is 7.15. The van der Waals surface area contributed by atoms with Crippen LogP contribution in [0.2, 0.25) is 0 Å². The molecule has 1 atom stereocenters. The van der Waals surface area contributed by atoms with Crippen molar-refractivity contribution >= 4 is 5.97 Å². The zero-order chi connectivity index (χ0) is 20.3. The largest absolute Gasteiger partial charge is 0.489 e. The molecule has 0 heterocycles. The number of halogens is 2. The monoisotopic (exact) mass is 390 g/mol. The quantitative estimate of drug-likeness (QED) is 0.659. The second-order valence-electron chi connectivity index (χ2n) is 7.15. The Labute approximate surface area is 163 Å². The Kier molecular flexibility index (Phi) is 6.17. The average molecular weight is 390 g/mol. The van der Waals surface area contributed by atoms with Crippen LogP contribution in [0.3, 0.4) is 0 Å². The molecule has 2 aromatic rings. The van der Waals surface area contributed by atoms with Gasteiger partial charge >= 0.3 is 5.97 Å². The van der Waals surface area contributed by atoms with E-state index in [2.05, 4.69) is 0 Å². The molecule has 28 heavy (non-hydrogen) atoms. The first-order valence-corrected chi connectivity index (χ1v) is 9.52. The molecular weight excluding hydrogens is 366 g/mol. The Morgan fingerprint density at radius 2 is 1.93 bits per heavy atom. The summed E-state index contributed by atoms with van der Waals surface area (Å²) in [6.07, 6.45) is 1.89. The van der Waals surface area contributed by atoms with Gasteiger partial charge in [-0.25, -0.2) is 9.18 Å². The van der Waals surface area contributed by atoms with Gasteiger partial charge < -0.3 is 14.6 Å². The van der Waals surface area contributed by atoms with E-state index >= 15 is 4.39 Å². The van der Waals surface area contributed by atoms with Crippen LogP contribution in [0.15, 0.2) is 30.3 Å². The molecule has 0 saturated heterocycles. The third-order valence-electron chi connectivity index (χ3n) is 5.16. The predicted molar refractivity (Wildman–Crippen MR) is 102 cm³/mol. The number of carboxylic acids is 1. The third-order valence-corrected chi connectivity index (χ3v) is 5.16. The van der Waals surface area contributed by atoms with E-state index in [0.29, 0.717) is 23.7 Å². The van der Waals surface area contributed by atoms with E-state index in [1.54, 1.807) is 19.1 Å². The molecule has 6 heteroatoms. The van der Waals surface area contributed by atoms with Gasteiger partial charge in [0.1, 0.15) is 0 Å². The summed E-state index contributed by atoms with van der Waals surface area (Å²) < 4.78 is 40.9. The van der Waals surface area contributed by atoms with Crippen LogP contribution >= 0.6 is 0 Å². The Morgan fingerprint density at radius 3 is 2.50 bits per heavy atom. The van der Waals surface area contributed by atoms with Gasteiger partial charge in [-0.05, 0) is 49.3 Å². The molecule has 1 N–H and O–H groups in total. The van der Waals surface area contributed by atoms with Crippen LogP contribution < -0.4 is 9.47 Å². The van der Waals surface area contributed by atoms with Crippen LogP contribution in [-0.2, 0) is 4.79 Å². The molecule has 4 nitrogen and oxygen atoms in total. The fraction of sp³-hybridized carbons (Fsp3) is 0.409. The molecule has 2 aromatic carbocycles. The lowest BCUT2D eigenvalue weighted by Crippen LogP contribution is -2.27. The maximum Gasteiger partial charge on any atom is 0.344 e. The fourth-order valence-corrected chi connectivity index (χ4v) is 3.22. The number of carboxylic acid groups (broad SMARTS) is 1. The highest BCUT2D eigenvalue weighted by molar-refractivity contribution is 5.76. The van der Waals surface area contributed by atoms with E-state index in [0.717, 1.165) is 30.9 Å². The summed E-state index contributed by atoms with van der Waals surface area (Å²) in [4.78, 5) is 11.2. The predicted octanol–water partition coefficient (Wildman–Crippen LogP) is 5.36. The number of hydrogen-bond acceptors (Lipinski definition) is 3. The number of carbonyl (C=O) groups is 1. The first-order valence-electron chi connectivity index (χ1n) is 9.52. The van der Waals surface area contributed by atoms with Gasteiger partial charge in [-0.2, -0.15) is 4.39 Å².